The minimum atomic E-state index is -0.254. The summed E-state index contributed by atoms with van der Waals surface area (Å²) in [7, 11) is 0. The van der Waals surface area contributed by atoms with Crippen LogP contribution in [0.1, 0.15) is 24.8 Å². The molecule has 1 aliphatic heterocycles. The minimum absolute atomic E-state index is 0.0126. The number of ether oxygens (including phenoxy) is 1. The Morgan fingerprint density at radius 3 is 3.11 bits per heavy atom. The quantitative estimate of drug-likeness (QED) is 0.517. The summed E-state index contributed by atoms with van der Waals surface area (Å²) in [5.74, 6) is 0.459. The first kappa shape index (κ1) is 13.5. The van der Waals surface area contributed by atoms with Crippen molar-refractivity contribution in [2.75, 3.05) is 11.9 Å². The van der Waals surface area contributed by atoms with E-state index in [2.05, 4.69) is 10.3 Å². The van der Waals surface area contributed by atoms with E-state index in [9.17, 15) is 4.79 Å². The third-order valence-electron chi connectivity index (χ3n) is 2.72. The van der Waals surface area contributed by atoms with Crippen molar-refractivity contribution in [2.24, 2.45) is 5.73 Å². The van der Waals surface area contributed by atoms with E-state index < -0.39 is 0 Å². The van der Waals surface area contributed by atoms with Crippen LogP contribution >= 0.6 is 0 Å². The van der Waals surface area contributed by atoms with Crippen LogP contribution in [0.2, 0.25) is 0 Å². The molecule has 0 aliphatic carbocycles. The molecule has 0 aromatic carbocycles. The van der Waals surface area contributed by atoms with Gasteiger partial charge in [-0.05, 0) is 0 Å². The molecule has 2 atom stereocenters. The van der Waals surface area contributed by atoms with Crippen molar-refractivity contribution in [1.29, 1.82) is 0 Å². The zero-order valence-electron chi connectivity index (χ0n) is 9.41. The molecule has 102 valence electrons. The summed E-state index contributed by atoms with van der Waals surface area (Å²) in [5.41, 5.74) is 5.73. The van der Waals surface area contributed by atoms with Gasteiger partial charge < -0.3 is 0 Å². The molecule has 1 fully saturated rings. The third-order valence-corrected chi connectivity index (χ3v) is 3.00. The number of carbonyl (C=O) groups excluding carboxylic acids is 1. The van der Waals surface area contributed by atoms with Crippen molar-refractivity contribution >= 4 is 16.2 Å². The molecule has 1 aromatic rings. The Bertz CT molecular complexity index is 462. The van der Waals surface area contributed by atoms with Crippen LogP contribution < -0.4 is 11.1 Å². The van der Waals surface area contributed by atoms with Crippen LogP contribution in [0.3, 0.4) is 0 Å². The number of aliphatic hydroxyl groups excluding tert-OH is 1. The first-order chi connectivity index (χ1) is 8.65. The monoisotopic (exact) mass is 432 g/mol. The first-order valence-electron chi connectivity index (χ1n) is 5.39. The van der Waals surface area contributed by atoms with Crippen LogP contribution in [0.25, 0.3) is 0 Å². The van der Waals surface area contributed by atoms with Gasteiger partial charge in [0, 0.05) is 0 Å². The zero-order chi connectivity index (χ0) is 13.1. The van der Waals surface area contributed by atoms with E-state index in [1.807, 2.05) is 19.4 Å². The molecule has 18 heavy (non-hydrogen) atoms. The predicted octanol–water partition coefficient (Wildman–Crippen LogP) is -0.984. The summed E-state index contributed by atoms with van der Waals surface area (Å²) >= 11 is 1.88. The summed E-state index contributed by atoms with van der Waals surface area (Å²) in [4.78, 5) is 14.7. The molecule has 0 amide bonds. The molecule has 0 radical (unpaired) electrons. The van der Waals surface area contributed by atoms with Crippen molar-refractivity contribution in [2.45, 2.75) is 25.2 Å². The average molecular weight is 432 g/mol. The molecule has 1 aromatic heterocycles. The van der Waals surface area contributed by atoms with Gasteiger partial charge in [-0.1, -0.05) is 0 Å². The fraction of sp³-hybridized carbons (Fsp3) is 0.500. The molecule has 1 unspecified atom stereocenters. The van der Waals surface area contributed by atoms with Gasteiger partial charge in [-0.15, -0.1) is 0 Å². The second-order valence-electron chi connectivity index (χ2n) is 3.86. The molecule has 0 saturated carbocycles. The fourth-order valence-electron chi connectivity index (χ4n) is 1.91. The Balaban J connectivity index is 2.24. The van der Waals surface area contributed by atoms with E-state index in [4.69, 9.17) is 15.6 Å². The van der Waals surface area contributed by atoms with E-state index in [0.29, 0.717) is 9.96 Å². The number of nitrogens with zero attached hydrogens (tertiary/aromatic N) is 2. The molecule has 8 heteroatoms. The molecule has 1 saturated heterocycles. The summed E-state index contributed by atoms with van der Waals surface area (Å²) < 4.78 is 7.74. The number of anilines is 1. The molecular weight excluding hydrogens is 419 g/mol. The fourth-order valence-corrected chi connectivity index (χ4v) is 2.18. The number of nitrogens with two attached hydrogens (primary N) is 1. The maximum absolute atomic E-state index is 10.8. The van der Waals surface area contributed by atoms with Crippen LogP contribution in [-0.4, -0.2) is 37.8 Å². The van der Waals surface area contributed by atoms with Crippen molar-refractivity contribution in [3.8, 4) is 0 Å². The third kappa shape index (κ3) is 2.75. The van der Waals surface area contributed by atoms with Gasteiger partial charge in [-0.2, -0.15) is 0 Å². The second-order valence-corrected chi connectivity index (χ2v) is 5.09. The summed E-state index contributed by atoms with van der Waals surface area (Å²) in [6, 6.07) is 0. The Morgan fingerprint density at radius 1 is 1.78 bits per heavy atom. The van der Waals surface area contributed by atoms with Crippen molar-refractivity contribution < 1.29 is 34.0 Å². The number of imidazole rings is 1. The number of aromatic nitrogens is 2. The van der Waals surface area contributed by atoms with Crippen LogP contribution in [0.15, 0.2) is 6.33 Å². The van der Waals surface area contributed by atoms with Crippen LogP contribution in [-0.2, 0) is 28.9 Å². The van der Waals surface area contributed by atoms with Gasteiger partial charge >= 0.3 is 115 Å². The summed E-state index contributed by atoms with van der Waals surface area (Å²) in [6.07, 6.45) is 4.34. The zero-order valence-corrected chi connectivity index (χ0v) is 11.7. The van der Waals surface area contributed by atoms with Crippen LogP contribution in [0.5, 0.6) is 0 Å². The van der Waals surface area contributed by atoms with Gasteiger partial charge in [0.2, 0.25) is 0 Å². The standard InChI is InChI=1S/C10H13N4O3.Pt/c11-5-12-10-8(4-16)13-6-14(10)9-2-1-7(3-15)17-9;/h6-7,9,12,15H,1-3,11H2;/q-1;/t7-,9?;/m0./s1. The van der Waals surface area contributed by atoms with Crippen molar-refractivity contribution in [3.05, 3.63) is 12.0 Å². The molecule has 0 bridgehead atoms. The van der Waals surface area contributed by atoms with Gasteiger partial charge in [-0.3, -0.25) is 0 Å². The molecular formula is C10H13N4O3Pt-. The molecule has 1 aliphatic rings. The van der Waals surface area contributed by atoms with Crippen LogP contribution in [0, 0.1) is 0 Å². The normalized spacial score (nSPS) is 23.1. The SMILES string of the molecule is N[C](=[Pt])Nc1c([C-]=O)ncn1C1CC[C@@H](CO)O1. The summed E-state index contributed by atoms with van der Waals surface area (Å²) in [6.45, 7) is -0.0126. The van der Waals surface area contributed by atoms with E-state index in [-0.39, 0.29) is 24.6 Å². The number of hydrogen-bond acceptors (Lipinski definition) is 6. The van der Waals surface area contributed by atoms with E-state index in [1.165, 1.54) is 6.33 Å². The van der Waals surface area contributed by atoms with Gasteiger partial charge in [-0.25, -0.2) is 0 Å². The van der Waals surface area contributed by atoms with Crippen molar-refractivity contribution in [3.63, 3.8) is 0 Å². The molecule has 2 rings (SSSR count). The Hall–Kier alpha value is -0.882. The first-order valence-corrected chi connectivity index (χ1v) is 6.52. The van der Waals surface area contributed by atoms with Gasteiger partial charge in [0.25, 0.3) is 0 Å². The molecule has 2 heterocycles. The number of hydrogen-bond donors (Lipinski definition) is 3. The van der Waals surface area contributed by atoms with E-state index >= 15 is 0 Å². The number of aliphatic hydroxyl groups is 1. The number of rotatable bonds is 5. The molecule has 4 N–H and O–H groups in total. The Morgan fingerprint density at radius 2 is 2.56 bits per heavy atom. The van der Waals surface area contributed by atoms with E-state index in [0.717, 1.165) is 12.8 Å². The van der Waals surface area contributed by atoms with Gasteiger partial charge in [0.15, 0.2) is 0 Å². The Labute approximate surface area is 115 Å². The molecule has 0 spiro atoms. The van der Waals surface area contributed by atoms with Gasteiger partial charge in [0.1, 0.15) is 0 Å². The topological polar surface area (TPSA) is 102 Å². The van der Waals surface area contributed by atoms with Crippen molar-refractivity contribution in [1.82, 2.24) is 9.55 Å². The summed E-state index contributed by atoms with van der Waals surface area (Å²) in [5, 5.41) is 11.9. The maximum atomic E-state index is 10.8. The Kier molecular flexibility index (Phi) is 4.39. The number of nitrogens with one attached hydrogen (secondary N) is 1. The van der Waals surface area contributed by atoms with Crippen LogP contribution in [0.4, 0.5) is 5.82 Å². The second kappa shape index (κ2) is 5.84. The molecule has 7 nitrogen and oxygen atoms in total. The average Bonchev–Trinajstić information content (AvgIpc) is 2.94. The predicted molar refractivity (Wildman–Crippen MR) is 60.1 cm³/mol. The van der Waals surface area contributed by atoms with E-state index in [1.54, 1.807) is 10.9 Å². The van der Waals surface area contributed by atoms with Gasteiger partial charge in [0.05, 0.1) is 0 Å².